The van der Waals surface area contributed by atoms with Crippen LogP contribution in [0, 0.1) is 5.82 Å². The molecule has 26 heavy (non-hydrogen) atoms. The van der Waals surface area contributed by atoms with Crippen LogP contribution in [0.15, 0.2) is 30.3 Å². The lowest BCUT2D eigenvalue weighted by atomic mass is 10.1. The molecule has 6 nitrogen and oxygen atoms in total. The predicted molar refractivity (Wildman–Crippen MR) is 96.9 cm³/mol. The normalized spacial score (nSPS) is 10.2. The molecule has 138 valence electrons. The second-order valence-corrected chi connectivity index (χ2v) is 5.97. The van der Waals surface area contributed by atoms with E-state index in [0.29, 0.717) is 11.5 Å². The lowest BCUT2D eigenvalue weighted by molar-refractivity contribution is 0.0828. The Balaban J connectivity index is 2.49. The standard InChI is InChI=1S/C18H18ClFN2O4/c1-22(2)18(24)12-8-15(25-3)16(26-4)9-14(12)21-17(23)11-6-5-10(19)7-13(11)20/h5-9H,1-4H3,(H,21,23). The maximum atomic E-state index is 14.0. The number of benzene rings is 2. The van der Waals surface area contributed by atoms with Gasteiger partial charge in [-0.3, -0.25) is 9.59 Å². The molecule has 2 rings (SSSR count). The summed E-state index contributed by atoms with van der Waals surface area (Å²) in [4.78, 5) is 26.3. The third kappa shape index (κ3) is 4.05. The summed E-state index contributed by atoms with van der Waals surface area (Å²) in [6, 6.07) is 6.61. The number of carbonyl (C=O) groups excluding carboxylic acids is 2. The molecule has 0 aliphatic rings. The molecule has 0 unspecified atom stereocenters. The molecule has 0 aromatic heterocycles. The maximum Gasteiger partial charge on any atom is 0.258 e. The fourth-order valence-corrected chi connectivity index (χ4v) is 2.42. The van der Waals surface area contributed by atoms with Crippen LogP contribution >= 0.6 is 11.6 Å². The Kier molecular flexibility index (Phi) is 6.05. The Morgan fingerprint density at radius 3 is 2.19 bits per heavy atom. The number of nitrogens with zero attached hydrogens (tertiary/aromatic N) is 1. The van der Waals surface area contributed by atoms with E-state index in [9.17, 15) is 14.0 Å². The third-order valence-corrected chi connectivity index (χ3v) is 3.82. The van der Waals surface area contributed by atoms with E-state index in [4.69, 9.17) is 21.1 Å². The van der Waals surface area contributed by atoms with E-state index in [2.05, 4.69) is 5.32 Å². The van der Waals surface area contributed by atoms with Crippen molar-refractivity contribution in [3.63, 3.8) is 0 Å². The lowest BCUT2D eigenvalue weighted by Gasteiger charge is -2.18. The third-order valence-electron chi connectivity index (χ3n) is 3.58. The summed E-state index contributed by atoms with van der Waals surface area (Å²) in [7, 11) is 6.01. The average molecular weight is 381 g/mol. The summed E-state index contributed by atoms with van der Waals surface area (Å²) in [5, 5.41) is 2.72. The lowest BCUT2D eigenvalue weighted by Crippen LogP contribution is -2.24. The van der Waals surface area contributed by atoms with Gasteiger partial charge in [-0.05, 0) is 24.3 Å². The van der Waals surface area contributed by atoms with Crippen molar-refractivity contribution in [3.05, 3.63) is 52.3 Å². The highest BCUT2D eigenvalue weighted by molar-refractivity contribution is 6.30. The van der Waals surface area contributed by atoms with Gasteiger partial charge in [-0.15, -0.1) is 0 Å². The molecule has 2 aromatic carbocycles. The number of methoxy groups -OCH3 is 2. The number of carbonyl (C=O) groups is 2. The minimum atomic E-state index is -0.768. The minimum absolute atomic E-state index is 0.167. The zero-order valence-corrected chi connectivity index (χ0v) is 15.5. The smallest absolute Gasteiger partial charge is 0.258 e. The first-order valence-electron chi connectivity index (χ1n) is 7.52. The molecule has 0 fully saturated rings. The molecule has 2 aromatic rings. The number of nitrogens with one attached hydrogen (secondary N) is 1. The van der Waals surface area contributed by atoms with E-state index in [-0.39, 0.29) is 27.7 Å². The van der Waals surface area contributed by atoms with Gasteiger partial charge in [-0.1, -0.05) is 11.6 Å². The predicted octanol–water partition coefficient (Wildman–Crippen LogP) is 3.45. The Morgan fingerprint density at radius 1 is 1.04 bits per heavy atom. The van der Waals surface area contributed by atoms with E-state index in [0.717, 1.165) is 6.07 Å². The van der Waals surface area contributed by atoms with Gasteiger partial charge in [0.05, 0.1) is 31.0 Å². The van der Waals surface area contributed by atoms with Gasteiger partial charge in [0.1, 0.15) is 5.82 Å². The molecule has 0 spiro atoms. The van der Waals surface area contributed by atoms with Crippen molar-refractivity contribution in [1.29, 1.82) is 0 Å². The highest BCUT2D eigenvalue weighted by Crippen LogP contribution is 2.34. The van der Waals surface area contributed by atoms with Gasteiger partial charge in [0.2, 0.25) is 0 Å². The molecule has 0 heterocycles. The summed E-state index contributed by atoms with van der Waals surface area (Å²) in [5.74, 6) is -1.21. The first-order chi connectivity index (χ1) is 12.3. The summed E-state index contributed by atoms with van der Waals surface area (Å²) in [6.07, 6.45) is 0. The fourth-order valence-electron chi connectivity index (χ4n) is 2.26. The van der Waals surface area contributed by atoms with Crippen LogP contribution in [-0.4, -0.2) is 45.0 Å². The number of ether oxygens (including phenoxy) is 2. The quantitative estimate of drug-likeness (QED) is 0.862. The van der Waals surface area contributed by atoms with Crippen molar-refractivity contribution < 1.29 is 23.5 Å². The van der Waals surface area contributed by atoms with Crippen LogP contribution in [-0.2, 0) is 0 Å². The Hall–Kier alpha value is -2.80. The van der Waals surface area contributed by atoms with Gasteiger partial charge in [0.15, 0.2) is 11.5 Å². The van der Waals surface area contributed by atoms with Gasteiger partial charge in [0, 0.05) is 25.2 Å². The Bertz CT molecular complexity index is 855. The summed E-state index contributed by atoms with van der Waals surface area (Å²) in [5.41, 5.74) is 0.142. The molecule has 0 radical (unpaired) electrons. The molecule has 0 aliphatic carbocycles. The Morgan fingerprint density at radius 2 is 1.65 bits per heavy atom. The summed E-state index contributed by atoms with van der Waals surface area (Å²) >= 11 is 5.70. The highest BCUT2D eigenvalue weighted by Gasteiger charge is 2.21. The maximum absolute atomic E-state index is 14.0. The van der Waals surface area contributed by atoms with Crippen molar-refractivity contribution >= 4 is 29.1 Å². The van der Waals surface area contributed by atoms with Crippen molar-refractivity contribution in [3.8, 4) is 11.5 Å². The fraction of sp³-hybridized carbons (Fsp3) is 0.222. The van der Waals surface area contributed by atoms with Gasteiger partial charge in [-0.25, -0.2) is 4.39 Å². The molecule has 0 saturated heterocycles. The summed E-state index contributed by atoms with van der Waals surface area (Å²) in [6.45, 7) is 0. The van der Waals surface area contributed by atoms with Crippen LogP contribution < -0.4 is 14.8 Å². The van der Waals surface area contributed by atoms with Crippen LogP contribution in [0.5, 0.6) is 11.5 Å². The SMILES string of the molecule is COc1cc(NC(=O)c2ccc(Cl)cc2F)c(C(=O)N(C)C)cc1OC. The minimum Gasteiger partial charge on any atom is -0.493 e. The molecule has 0 aliphatic heterocycles. The molecular formula is C18H18ClFN2O4. The number of rotatable bonds is 5. The molecule has 0 atom stereocenters. The largest absolute Gasteiger partial charge is 0.493 e. The number of hydrogen-bond donors (Lipinski definition) is 1. The van der Waals surface area contributed by atoms with Crippen molar-refractivity contribution in [2.45, 2.75) is 0 Å². The highest BCUT2D eigenvalue weighted by atomic mass is 35.5. The van der Waals surface area contributed by atoms with Gasteiger partial charge in [0.25, 0.3) is 11.8 Å². The van der Waals surface area contributed by atoms with Gasteiger partial charge >= 0.3 is 0 Å². The van der Waals surface area contributed by atoms with Crippen LogP contribution in [0.4, 0.5) is 10.1 Å². The average Bonchev–Trinajstić information content (AvgIpc) is 2.60. The molecule has 0 bridgehead atoms. The monoisotopic (exact) mass is 380 g/mol. The molecule has 0 saturated carbocycles. The van der Waals surface area contributed by atoms with Crippen LogP contribution in [0.2, 0.25) is 5.02 Å². The number of halogens is 2. The van der Waals surface area contributed by atoms with Crippen LogP contribution in [0.3, 0.4) is 0 Å². The molecule has 1 N–H and O–H groups in total. The summed E-state index contributed by atoms with van der Waals surface area (Å²) < 4.78 is 24.4. The van der Waals surface area contributed by atoms with E-state index in [1.165, 1.54) is 43.4 Å². The van der Waals surface area contributed by atoms with Gasteiger partial charge in [-0.2, -0.15) is 0 Å². The first-order valence-corrected chi connectivity index (χ1v) is 7.90. The van der Waals surface area contributed by atoms with Crippen molar-refractivity contribution in [2.24, 2.45) is 0 Å². The second kappa shape index (κ2) is 8.05. The first kappa shape index (κ1) is 19.5. The van der Waals surface area contributed by atoms with Crippen LogP contribution in [0.25, 0.3) is 0 Å². The zero-order chi connectivity index (χ0) is 19.4. The van der Waals surface area contributed by atoms with Crippen molar-refractivity contribution in [1.82, 2.24) is 4.90 Å². The second-order valence-electron chi connectivity index (χ2n) is 5.53. The van der Waals surface area contributed by atoms with E-state index < -0.39 is 11.7 Å². The van der Waals surface area contributed by atoms with E-state index in [1.54, 1.807) is 14.1 Å². The van der Waals surface area contributed by atoms with Crippen molar-refractivity contribution in [2.75, 3.05) is 33.6 Å². The van der Waals surface area contributed by atoms with E-state index >= 15 is 0 Å². The number of anilines is 1. The van der Waals surface area contributed by atoms with Crippen LogP contribution in [0.1, 0.15) is 20.7 Å². The Labute approximate surface area is 155 Å². The number of hydrogen-bond acceptors (Lipinski definition) is 4. The van der Waals surface area contributed by atoms with Gasteiger partial charge < -0.3 is 19.7 Å². The van der Waals surface area contributed by atoms with E-state index in [1.807, 2.05) is 0 Å². The molecule has 2 amide bonds. The molecular weight excluding hydrogens is 363 g/mol. The topological polar surface area (TPSA) is 67.9 Å². The number of amides is 2. The molecule has 8 heteroatoms. The zero-order valence-electron chi connectivity index (χ0n) is 14.7.